The summed E-state index contributed by atoms with van der Waals surface area (Å²) in [5.41, 5.74) is 0. The summed E-state index contributed by atoms with van der Waals surface area (Å²) >= 11 is 0. The Bertz CT molecular complexity index is 140. The molecule has 4 nitrogen and oxygen atoms in total. The SMILES string of the molecule is CCN(O)CCCCCNC(C)=O. The van der Waals surface area contributed by atoms with Crippen molar-refractivity contribution in [1.29, 1.82) is 0 Å². The third-order valence-electron chi connectivity index (χ3n) is 1.83. The van der Waals surface area contributed by atoms with Crippen LogP contribution in [0.25, 0.3) is 0 Å². The molecule has 1 amide bonds. The van der Waals surface area contributed by atoms with Crippen molar-refractivity contribution in [1.82, 2.24) is 10.4 Å². The fraction of sp³-hybridized carbons (Fsp3) is 0.889. The van der Waals surface area contributed by atoms with Gasteiger partial charge in [0.2, 0.25) is 5.91 Å². The van der Waals surface area contributed by atoms with Crippen molar-refractivity contribution in [3.63, 3.8) is 0 Å². The highest BCUT2D eigenvalue weighted by molar-refractivity contribution is 5.72. The van der Waals surface area contributed by atoms with Crippen LogP contribution in [0.1, 0.15) is 33.1 Å². The third kappa shape index (κ3) is 9.30. The number of hydrogen-bond acceptors (Lipinski definition) is 3. The zero-order chi connectivity index (χ0) is 10.1. The molecule has 0 unspecified atom stereocenters. The Labute approximate surface area is 79.9 Å². The number of unbranched alkanes of at least 4 members (excludes halogenated alkanes) is 2. The van der Waals surface area contributed by atoms with E-state index in [9.17, 15) is 4.79 Å². The molecule has 0 aromatic carbocycles. The molecule has 4 heteroatoms. The van der Waals surface area contributed by atoms with E-state index in [-0.39, 0.29) is 5.91 Å². The molecule has 0 spiro atoms. The van der Waals surface area contributed by atoms with E-state index >= 15 is 0 Å². The number of carbonyl (C=O) groups excluding carboxylic acids is 1. The van der Waals surface area contributed by atoms with Gasteiger partial charge >= 0.3 is 0 Å². The second kappa shape index (κ2) is 8.01. The Morgan fingerprint density at radius 1 is 1.38 bits per heavy atom. The number of carbonyl (C=O) groups is 1. The van der Waals surface area contributed by atoms with Gasteiger partial charge in [0.15, 0.2) is 0 Å². The van der Waals surface area contributed by atoms with Gasteiger partial charge in [0.05, 0.1) is 0 Å². The van der Waals surface area contributed by atoms with E-state index in [2.05, 4.69) is 5.32 Å². The second-order valence-corrected chi connectivity index (χ2v) is 3.09. The molecule has 0 rings (SSSR count). The molecular formula is C9H20N2O2. The minimum Gasteiger partial charge on any atom is -0.356 e. The van der Waals surface area contributed by atoms with E-state index < -0.39 is 0 Å². The fourth-order valence-electron chi connectivity index (χ4n) is 1.02. The van der Waals surface area contributed by atoms with Crippen LogP contribution in [0, 0.1) is 0 Å². The molecule has 0 aliphatic carbocycles. The summed E-state index contributed by atoms with van der Waals surface area (Å²) in [6.07, 6.45) is 3.00. The highest BCUT2D eigenvalue weighted by Gasteiger charge is 1.96. The van der Waals surface area contributed by atoms with Crippen molar-refractivity contribution in [2.75, 3.05) is 19.6 Å². The average Bonchev–Trinajstić information content (AvgIpc) is 2.10. The van der Waals surface area contributed by atoms with Gasteiger partial charge in [0, 0.05) is 26.6 Å². The van der Waals surface area contributed by atoms with E-state index in [4.69, 9.17) is 5.21 Å². The van der Waals surface area contributed by atoms with E-state index in [1.54, 1.807) is 0 Å². The second-order valence-electron chi connectivity index (χ2n) is 3.09. The summed E-state index contributed by atoms with van der Waals surface area (Å²) < 4.78 is 0. The Kier molecular flexibility index (Phi) is 7.63. The van der Waals surface area contributed by atoms with Gasteiger partial charge in [-0.1, -0.05) is 13.3 Å². The summed E-state index contributed by atoms with van der Waals surface area (Å²) in [5.74, 6) is 0.0253. The van der Waals surface area contributed by atoms with Gasteiger partial charge in [0.25, 0.3) is 0 Å². The lowest BCUT2D eigenvalue weighted by Gasteiger charge is -2.10. The quantitative estimate of drug-likeness (QED) is 0.463. The van der Waals surface area contributed by atoms with Crippen LogP contribution in [0.15, 0.2) is 0 Å². The highest BCUT2D eigenvalue weighted by atomic mass is 16.5. The lowest BCUT2D eigenvalue weighted by Crippen LogP contribution is -2.22. The van der Waals surface area contributed by atoms with Gasteiger partial charge in [0.1, 0.15) is 0 Å². The van der Waals surface area contributed by atoms with E-state index in [1.165, 1.54) is 12.0 Å². The van der Waals surface area contributed by atoms with Crippen LogP contribution in [-0.4, -0.2) is 35.8 Å². The molecule has 0 saturated heterocycles. The van der Waals surface area contributed by atoms with E-state index in [0.717, 1.165) is 32.4 Å². The van der Waals surface area contributed by atoms with Crippen LogP contribution in [-0.2, 0) is 4.79 Å². The minimum atomic E-state index is 0.0253. The van der Waals surface area contributed by atoms with Crippen molar-refractivity contribution in [3.8, 4) is 0 Å². The zero-order valence-electron chi connectivity index (χ0n) is 8.55. The predicted molar refractivity (Wildman–Crippen MR) is 51.6 cm³/mol. The fourth-order valence-corrected chi connectivity index (χ4v) is 1.02. The lowest BCUT2D eigenvalue weighted by atomic mass is 10.2. The van der Waals surface area contributed by atoms with Gasteiger partial charge in [-0.15, -0.1) is 0 Å². The maximum absolute atomic E-state index is 10.5. The summed E-state index contributed by atoms with van der Waals surface area (Å²) in [4.78, 5) is 10.5. The molecule has 0 radical (unpaired) electrons. The van der Waals surface area contributed by atoms with Crippen molar-refractivity contribution in [2.24, 2.45) is 0 Å². The van der Waals surface area contributed by atoms with Crippen LogP contribution >= 0.6 is 0 Å². The molecule has 0 aromatic rings. The number of nitrogens with zero attached hydrogens (tertiary/aromatic N) is 1. The molecule has 2 N–H and O–H groups in total. The summed E-state index contributed by atoms with van der Waals surface area (Å²) in [5, 5.41) is 13.1. The zero-order valence-corrected chi connectivity index (χ0v) is 8.55. The minimum absolute atomic E-state index is 0.0253. The van der Waals surface area contributed by atoms with Crippen molar-refractivity contribution in [3.05, 3.63) is 0 Å². The van der Waals surface area contributed by atoms with Gasteiger partial charge in [-0.05, 0) is 12.8 Å². The standard InChI is InChI=1S/C9H20N2O2/c1-3-11(13)8-6-4-5-7-10-9(2)12/h13H,3-8H2,1-2H3,(H,10,12). The van der Waals surface area contributed by atoms with Crippen molar-refractivity contribution >= 4 is 5.91 Å². The molecular weight excluding hydrogens is 168 g/mol. The maximum Gasteiger partial charge on any atom is 0.216 e. The van der Waals surface area contributed by atoms with Crippen molar-refractivity contribution < 1.29 is 10.0 Å². The van der Waals surface area contributed by atoms with Gasteiger partial charge in [-0.2, -0.15) is 5.06 Å². The van der Waals surface area contributed by atoms with E-state index in [1.807, 2.05) is 6.92 Å². The molecule has 0 aliphatic rings. The first-order chi connectivity index (χ1) is 6.16. The molecule has 0 atom stereocenters. The van der Waals surface area contributed by atoms with Gasteiger partial charge in [-0.3, -0.25) is 4.79 Å². The molecule has 13 heavy (non-hydrogen) atoms. The number of rotatable bonds is 7. The molecule has 78 valence electrons. The lowest BCUT2D eigenvalue weighted by molar-refractivity contribution is -0.118. The first-order valence-corrected chi connectivity index (χ1v) is 4.85. The van der Waals surface area contributed by atoms with Crippen LogP contribution in [0.2, 0.25) is 0 Å². The number of hydrogen-bond donors (Lipinski definition) is 2. The number of nitrogens with one attached hydrogen (secondary N) is 1. The maximum atomic E-state index is 10.5. The Balaban J connectivity index is 3.04. The van der Waals surface area contributed by atoms with Gasteiger partial charge in [-0.25, -0.2) is 0 Å². The summed E-state index contributed by atoms with van der Waals surface area (Å²) in [6, 6.07) is 0. The first kappa shape index (κ1) is 12.4. The molecule has 0 aliphatic heterocycles. The summed E-state index contributed by atoms with van der Waals surface area (Å²) in [7, 11) is 0. The third-order valence-corrected chi connectivity index (χ3v) is 1.83. The Morgan fingerprint density at radius 2 is 2.08 bits per heavy atom. The average molecular weight is 188 g/mol. The van der Waals surface area contributed by atoms with Crippen LogP contribution in [0.5, 0.6) is 0 Å². The van der Waals surface area contributed by atoms with Crippen LogP contribution in [0.4, 0.5) is 0 Å². The Hall–Kier alpha value is -0.610. The predicted octanol–water partition coefficient (Wildman–Crippen LogP) is 1.00. The topological polar surface area (TPSA) is 52.6 Å². The largest absolute Gasteiger partial charge is 0.356 e. The smallest absolute Gasteiger partial charge is 0.216 e. The molecule has 0 bridgehead atoms. The first-order valence-electron chi connectivity index (χ1n) is 4.85. The van der Waals surface area contributed by atoms with Gasteiger partial charge < -0.3 is 10.5 Å². The molecule has 0 fully saturated rings. The van der Waals surface area contributed by atoms with E-state index in [0.29, 0.717) is 6.54 Å². The molecule has 0 heterocycles. The normalized spacial score (nSPS) is 10.5. The number of hydroxylamine groups is 2. The van der Waals surface area contributed by atoms with Crippen LogP contribution in [0.3, 0.4) is 0 Å². The summed E-state index contributed by atoms with van der Waals surface area (Å²) in [6.45, 7) is 5.57. The van der Waals surface area contributed by atoms with Crippen molar-refractivity contribution in [2.45, 2.75) is 33.1 Å². The molecule has 0 saturated carbocycles. The number of amides is 1. The Morgan fingerprint density at radius 3 is 2.62 bits per heavy atom. The highest BCUT2D eigenvalue weighted by Crippen LogP contribution is 1.95. The monoisotopic (exact) mass is 188 g/mol. The van der Waals surface area contributed by atoms with Crippen LogP contribution < -0.4 is 5.32 Å². The molecule has 0 aromatic heterocycles.